The molecule has 0 atom stereocenters. The molecule has 3 rings (SSSR count). The lowest BCUT2D eigenvalue weighted by molar-refractivity contribution is -0.155. The molecular weight excluding hydrogens is 330 g/mol. The van der Waals surface area contributed by atoms with Crippen LogP contribution in [0.2, 0.25) is 0 Å². The molecule has 0 radical (unpaired) electrons. The van der Waals surface area contributed by atoms with Crippen LogP contribution in [0.1, 0.15) is 40.5 Å². The number of imidazole rings is 1. The minimum absolute atomic E-state index is 0.0326. The molecule has 0 aliphatic heterocycles. The van der Waals surface area contributed by atoms with Crippen LogP contribution in [0.3, 0.4) is 0 Å². The minimum atomic E-state index is -0.568. The van der Waals surface area contributed by atoms with Crippen molar-refractivity contribution in [3.63, 3.8) is 0 Å². The number of carbonyl (C=O) groups is 1. The van der Waals surface area contributed by atoms with Crippen molar-refractivity contribution in [2.75, 3.05) is 0 Å². The SMILES string of the molecule is CCCCn1c(=O)c2c(ncn2CC(=O)OC(C)(C)C)c2ccccc21. The van der Waals surface area contributed by atoms with Gasteiger partial charge in [0.2, 0.25) is 0 Å². The molecular formula is C20H25N3O3. The Morgan fingerprint density at radius 2 is 1.96 bits per heavy atom. The van der Waals surface area contributed by atoms with Gasteiger partial charge in [-0.15, -0.1) is 0 Å². The molecule has 138 valence electrons. The lowest BCUT2D eigenvalue weighted by atomic mass is 10.1. The van der Waals surface area contributed by atoms with Gasteiger partial charge in [-0.1, -0.05) is 31.5 Å². The fourth-order valence-electron chi connectivity index (χ4n) is 3.12. The number of pyridine rings is 1. The summed E-state index contributed by atoms with van der Waals surface area (Å²) in [6.45, 7) is 8.17. The van der Waals surface area contributed by atoms with Gasteiger partial charge in [0, 0.05) is 11.9 Å². The van der Waals surface area contributed by atoms with Crippen LogP contribution in [0.5, 0.6) is 0 Å². The fraction of sp³-hybridized carbons (Fsp3) is 0.450. The lowest BCUT2D eigenvalue weighted by Gasteiger charge is -2.19. The number of fused-ring (bicyclic) bond motifs is 3. The highest BCUT2D eigenvalue weighted by Gasteiger charge is 2.20. The summed E-state index contributed by atoms with van der Waals surface area (Å²) in [5, 5.41) is 0.918. The summed E-state index contributed by atoms with van der Waals surface area (Å²) in [5.74, 6) is -0.385. The van der Waals surface area contributed by atoms with Crippen LogP contribution in [0, 0.1) is 0 Å². The van der Waals surface area contributed by atoms with Gasteiger partial charge in [0.1, 0.15) is 23.2 Å². The third kappa shape index (κ3) is 3.49. The van der Waals surface area contributed by atoms with Gasteiger partial charge >= 0.3 is 5.97 Å². The Balaban J connectivity index is 2.14. The van der Waals surface area contributed by atoms with Gasteiger partial charge in [0.25, 0.3) is 5.56 Å². The molecule has 0 aliphatic carbocycles. The first-order valence-corrected chi connectivity index (χ1v) is 9.00. The molecule has 0 aliphatic rings. The molecule has 0 unspecified atom stereocenters. The number of esters is 1. The van der Waals surface area contributed by atoms with E-state index >= 15 is 0 Å². The van der Waals surface area contributed by atoms with E-state index in [0.717, 1.165) is 23.7 Å². The third-order valence-electron chi connectivity index (χ3n) is 4.19. The van der Waals surface area contributed by atoms with Crippen LogP contribution >= 0.6 is 0 Å². The molecule has 0 bridgehead atoms. The second-order valence-electron chi connectivity index (χ2n) is 7.48. The van der Waals surface area contributed by atoms with E-state index < -0.39 is 5.60 Å². The molecule has 2 heterocycles. The van der Waals surface area contributed by atoms with Gasteiger partial charge in [-0.05, 0) is 33.3 Å². The Morgan fingerprint density at radius 1 is 1.23 bits per heavy atom. The lowest BCUT2D eigenvalue weighted by Crippen LogP contribution is -2.28. The van der Waals surface area contributed by atoms with Crippen molar-refractivity contribution in [2.24, 2.45) is 0 Å². The first-order chi connectivity index (χ1) is 12.3. The van der Waals surface area contributed by atoms with Crippen LogP contribution in [0.25, 0.3) is 21.9 Å². The highest BCUT2D eigenvalue weighted by Crippen LogP contribution is 2.22. The maximum atomic E-state index is 13.1. The molecule has 3 aromatic rings. The third-order valence-corrected chi connectivity index (χ3v) is 4.19. The zero-order chi connectivity index (χ0) is 18.9. The summed E-state index contributed by atoms with van der Waals surface area (Å²) in [5.41, 5.74) is 1.27. The van der Waals surface area contributed by atoms with E-state index in [-0.39, 0.29) is 18.1 Å². The number of benzene rings is 1. The van der Waals surface area contributed by atoms with Gasteiger partial charge in [-0.2, -0.15) is 0 Å². The molecule has 0 N–H and O–H groups in total. The van der Waals surface area contributed by atoms with Crippen molar-refractivity contribution in [2.45, 2.75) is 59.2 Å². The highest BCUT2D eigenvalue weighted by atomic mass is 16.6. The average Bonchev–Trinajstić information content (AvgIpc) is 2.97. The number of hydrogen-bond acceptors (Lipinski definition) is 4. The van der Waals surface area contributed by atoms with E-state index in [9.17, 15) is 9.59 Å². The van der Waals surface area contributed by atoms with Gasteiger partial charge in [-0.3, -0.25) is 9.59 Å². The smallest absolute Gasteiger partial charge is 0.326 e. The van der Waals surface area contributed by atoms with Crippen LogP contribution < -0.4 is 5.56 Å². The van der Waals surface area contributed by atoms with E-state index in [4.69, 9.17) is 4.74 Å². The quantitative estimate of drug-likeness (QED) is 0.657. The van der Waals surface area contributed by atoms with Crippen LogP contribution in [0.15, 0.2) is 35.4 Å². The summed E-state index contributed by atoms with van der Waals surface area (Å²) in [6.07, 6.45) is 3.46. The summed E-state index contributed by atoms with van der Waals surface area (Å²) in [6, 6.07) is 7.76. The van der Waals surface area contributed by atoms with Crippen molar-refractivity contribution in [3.8, 4) is 0 Å². The normalized spacial score (nSPS) is 12.0. The molecule has 6 nitrogen and oxygen atoms in total. The average molecular weight is 355 g/mol. The van der Waals surface area contributed by atoms with E-state index in [1.807, 2.05) is 45.0 Å². The first kappa shape index (κ1) is 18.2. The molecule has 1 aromatic carbocycles. The van der Waals surface area contributed by atoms with Gasteiger partial charge in [0.05, 0.1) is 11.8 Å². The Kier molecular flexibility index (Phi) is 4.85. The molecule has 0 fully saturated rings. The fourth-order valence-corrected chi connectivity index (χ4v) is 3.12. The van der Waals surface area contributed by atoms with E-state index in [0.29, 0.717) is 17.6 Å². The predicted molar refractivity (Wildman–Crippen MR) is 102 cm³/mol. The Morgan fingerprint density at radius 3 is 2.65 bits per heavy atom. The summed E-state index contributed by atoms with van der Waals surface area (Å²) in [7, 11) is 0. The van der Waals surface area contributed by atoms with Crippen molar-refractivity contribution in [1.29, 1.82) is 0 Å². The maximum Gasteiger partial charge on any atom is 0.326 e. The first-order valence-electron chi connectivity index (χ1n) is 9.00. The monoisotopic (exact) mass is 355 g/mol. The highest BCUT2D eigenvalue weighted by molar-refractivity contribution is 6.02. The Hall–Kier alpha value is -2.63. The second kappa shape index (κ2) is 6.94. The van der Waals surface area contributed by atoms with Crippen molar-refractivity contribution in [1.82, 2.24) is 14.1 Å². The standard InChI is InChI=1S/C20H25N3O3/c1-5-6-11-23-15-10-8-7-9-14(15)17-18(19(23)25)22(13-21-17)12-16(24)26-20(2,3)4/h7-10,13H,5-6,11-12H2,1-4H3. The number of unbranched alkanes of at least 4 members (excludes halogenated alkanes) is 1. The zero-order valence-corrected chi connectivity index (χ0v) is 15.8. The number of ether oxygens (including phenoxy) is 1. The van der Waals surface area contributed by atoms with E-state index in [1.165, 1.54) is 0 Å². The molecule has 2 aromatic heterocycles. The molecule has 0 saturated carbocycles. The van der Waals surface area contributed by atoms with Gasteiger partial charge in [-0.25, -0.2) is 4.98 Å². The maximum absolute atomic E-state index is 13.1. The van der Waals surface area contributed by atoms with E-state index in [1.54, 1.807) is 15.5 Å². The molecule has 6 heteroatoms. The van der Waals surface area contributed by atoms with Crippen molar-refractivity contribution >= 4 is 27.9 Å². The molecule has 26 heavy (non-hydrogen) atoms. The van der Waals surface area contributed by atoms with Crippen LogP contribution in [-0.4, -0.2) is 25.7 Å². The number of nitrogens with zero attached hydrogens (tertiary/aromatic N) is 3. The largest absolute Gasteiger partial charge is 0.459 e. The zero-order valence-electron chi connectivity index (χ0n) is 15.8. The number of aromatic nitrogens is 3. The second-order valence-corrected chi connectivity index (χ2v) is 7.48. The minimum Gasteiger partial charge on any atom is -0.459 e. The number of hydrogen-bond donors (Lipinski definition) is 0. The summed E-state index contributed by atoms with van der Waals surface area (Å²) in [4.78, 5) is 29.8. The Labute approximate surface area is 152 Å². The Bertz CT molecular complexity index is 1010. The molecule has 0 saturated heterocycles. The van der Waals surface area contributed by atoms with Crippen molar-refractivity contribution < 1.29 is 9.53 Å². The predicted octanol–water partition coefficient (Wildman–Crippen LogP) is 3.49. The summed E-state index contributed by atoms with van der Waals surface area (Å²) < 4.78 is 8.77. The number of rotatable bonds is 5. The molecule has 0 spiro atoms. The number of aryl methyl sites for hydroxylation is 1. The van der Waals surface area contributed by atoms with Crippen molar-refractivity contribution in [3.05, 3.63) is 40.9 Å². The van der Waals surface area contributed by atoms with E-state index in [2.05, 4.69) is 11.9 Å². The number of carbonyl (C=O) groups excluding carboxylic acids is 1. The van der Waals surface area contributed by atoms with Gasteiger partial charge in [0.15, 0.2) is 0 Å². The van der Waals surface area contributed by atoms with Crippen LogP contribution in [0.4, 0.5) is 0 Å². The topological polar surface area (TPSA) is 66.1 Å². The van der Waals surface area contributed by atoms with Gasteiger partial charge < -0.3 is 13.9 Å². The molecule has 0 amide bonds. The summed E-state index contributed by atoms with van der Waals surface area (Å²) >= 11 is 0. The van der Waals surface area contributed by atoms with Crippen LogP contribution in [-0.2, 0) is 22.6 Å². The number of para-hydroxylation sites is 1.